The van der Waals surface area contributed by atoms with E-state index in [4.69, 9.17) is 23.4 Å². The topological polar surface area (TPSA) is 108 Å². The van der Waals surface area contributed by atoms with Gasteiger partial charge in [-0.1, -0.05) is 0 Å². The number of hydrogen-bond donors (Lipinski definition) is 2. The van der Waals surface area contributed by atoms with Crippen LogP contribution in [-0.2, 0) is 4.79 Å². The van der Waals surface area contributed by atoms with Gasteiger partial charge in [-0.15, -0.1) is 0 Å². The first kappa shape index (κ1) is 25.7. The first-order valence-corrected chi connectivity index (χ1v) is 11.7. The Morgan fingerprint density at radius 2 is 1.78 bits per heavy atom. The van der Waals surface area contributed by atoms with Crippen molar-refractivity contribution in [3.05, 3.63) is 77.4 Å². The maximum Gasteiger partial charge on any atom is 0.268 e. The molecule has 0 saturated carbocycles. The fourth-order valence-corrected chi connectivity index (χ4v) is 4.17. The molecule has 2 heterocycles. The normalized spacial score (nSPS) is 16.1. The van der Waals surface area contributed by atoms with Crippen molar-refractivity contribution in [2.75, 3.05) is 21.3 Å². The highest BCUT2D eigenvalue weighted by Gasteiger charge is 2.35. The number of amides is 2. The zero-order valence-corrected chi connectivity index (χ0v) is 21.4. The minimum Gasteiger partial charge on any atom is -0.497 e. The Bertz CT molecular complexity index is 1310. The van der Waals surface area contributed by atoms with Crippen molar-refractivity contribution < 1.29 is 33.0 Å². The van der Waals surface area contributed by atoms with E-state index < -0.39 is 17.4 Å². The molecular weight excluding hydrogens is 476 g/mol. The maximum atomic E-state index is 13.5. The lowest BCUT2D eigenvalue weighted by Crippen LogP contribution is -2.43. The SMILES string of the molecule is COc1ccc2c(c1)OC(C)(C)CC2NC(=O)/C(=C/c1ccco1)NC(=O)c1ccc(OC)c(OC)c1. The number of benzene rings is 2. The first-order valence-electron chi connectivity index (χ1n) is 11.7. The number of nitrogens with one attached hydrogen (secondary N) is 2. The fraction of sp³-hybridized carbons (Fsp3) is 0.286. The highest BCUT2D eigenvalue weighted by Crippen LogP contribution is 2.41. The van der Waals surface area contributed by atoms with E-state index in [1.54, 1.807) is 43.5 Å². The molecule has 3 aromatic rings. The molecule has 0 saturated heterocycles. The summed E-state index contributed by atoms with van der Waals surface area (Å²) in [5, 5.41) is 5.76. The monoisotopic (exact) mass is 506 g/mol. The zero-order valence-electron chi connectivity index (χ0n) is 21.4. The Kier molecular flexibility index (Phi) is 7.42. The number of methoxy groups -OCH3 is 3. The second kappa shape index (κ2) is 10.7. The highest BCUT2D eigenvalue weighted by atomic mass is 16.5. The molecule has 1 atom stereocenters. The molecule has 0 spiro atoms. The Labute approximate surface area is 215 Å². The van der Waals surface area contributed by atoms with Crippen molar-refractivity contribution in [1.29, 1.82) is 0 Å². The molecule has 4 rings (SSSR count). The number of furan rings is 1. The molecule has 0 radical (unpaired) electrons. The molecule has 0 fully saturated rings. The van der Waals surface area contributed by atoms with Gasteiger partial charge in [0.15, 0.2) is 11.5 Å². The van der Waals surface area contributed by atoms with Gasteiger partial charge in [0.1, 0.15) is 28.6 Å². The van der Waals surface area contributed by atoms with Crippen LogP contribution in [0.25, 0.3) is 6.08 Å². The molecule has 9 nitrogen and oxygen atoms in total. The molecule has 0 bridgehead atoms. The lowest BCUT2D eigenvalue weighted by molar-refractivity contribution is -0.119. The summed E-state index contributed by atoms with van der Waals surface area (Å²) in [7, 11) is 4.58. The van der Waals surface area contributed by atoms with E-state index in [2.05, 4.69) is 10.6 Å². The van der Waals surface area contributed by atoms with Gasteiger partial charge in [-0.05, 0) is 56.3 Å². The molecule has 1 aliphatic rings. The van der Waals surface area contributed by atoms with Crippen LogP contribution in [0.15, 0.2) is 64.9 Å². The van der Waals surface area contributed by atoms with Crippen LogP contribution >= 0.6 is 0 Å². The standard InChI is InChI=1S/C28H30N2O7/c1-28(2)16-22(20-10-9-18(33-3)15-24(20)37-28)30-27(32)21(14-19-7-6-12-36-19)29-26(31)17-8-11-23(34-4)25(13-17)35-5/h6-15,22H,16H2,1-5H3,(H,29,31)(H,30,32)/b21-14-. The average molecular weight is 507 g/mol. The molecule has 37 heavy (non-hydrogen) atoms. The number of carbonyl (C=O) groups is 2. The summed E-state index contributed by atoms with van der Waals surface area (Å²) < 4.78 is 27.4. The Hall–Kier alpha value is -4.40. The number of fused-ring (bicyclic) bond motifs is 1. The molecule has 2 amide bonds. The molecule has 1 aliphatic heterocycles. The third-order valence-electron chi connectivity index (χ3n) is 5.95. The van der Waals surface area contributed by atoms with Crippen molar-refractivity contribution in [2.45, 2.75) is 31.9 Å². The van der Waals surface area contributed by atoms with E-state index >= 15 is 0 Å². The molecule has 1 unspecified atom stereocenters. The summed E-state index contributed by atoms with van der Waals surface area (Å²) in [6.07, 6.45) is 3.49. The van der Waals surface area contributed by atoms with Gasteiger partial charge in [-0.3, -0.25) is 9.59 Å². The van der Waals surface area contributed by atoms with Crippen molar-refractivity contribution >= 4 is 17.9 Å². The number of hydrogen-bond acceptors (Lipinski definition) is 7. The third kappa shape index (κ3) is 5.88. The Balaban J connectivity index is 1.62. The molecule has 194 valence electrons. The highest BCUT2D eigenvalue weighted by molar-refractivity contribution is 6.05. The van der Waals surface area contributed by atoms with Crippen molar-refractivity contribution in [3.63, 3.8) is 0 Å². The minimum absolute atomic E-state index is 0.0223. The van der Waals surface area contributed by atoms with Gasteiger partial charge in [0.2, 0.25) is 0 Å². The van der Waals surface area contributed by atoms with Crippen LogP contribution in [0.1, 0.15) is 48.0 Å². The number of carbonyl (C=O) groups excluding carboxylic acids is 2. The van der Waals surface area contributed by atoms with Crippen molar-refractivity contribution in [2.24, 2.45) is 0 Å². The lowest BCUT2D eigenvalue weighted by atomic mass is 9.89. The first-order chi connectivity index (χ1) is 17.7. The van der Waals surface area contributed by atoms with Gasteiger partial charge in [0, 0.05) is 29.7 Å². The second-order valence-electron chi connectivity index (χ2n) is 9.09. The predicted octanol–water partition coefficient (Wildman–Crippen LogP) is 4.49. The van der Waals surface area contributed by atoms with Gasteiger partial charge in [-0.25, -0.2) is 0 Å². The van der Waals surface area contributed by atoms with E-state index in [1.165, 1.54) is 26.6 Å². The summed E-state index contributed by atoms with van der Waals surface area (Å²) in [6, 6.07) is 13.3. The minimum atomic E-state index is -0.537. The average Bonchev–Trinajstić information content (AvgIpc) is 3.39. The van der Waals surface area contributed by atoms with Crippen molar-refractivity contribution in [1.82, 2.24) is 10.6 Å². The Morgan fingerprint density at radius 1 is 1.00 bits per heavy atom. The summed E-state index contributed by atoms with van der Waals surface area (Å²) in [5.41, 5.74) is 0.594. The smallest absolute Gasteiger partial charge is 0.268 e. The van der Waals surface area contributed by atoms with E-state index in [9.17, 15) is 9.59 Å². The number of ether oxygens (including phenoxy) is 4. The summed E-state index contributed by atoms with van der Waals surface area (Å²) in [6.45, 7) is 3.90. The fourth-order valence-electron chi connectivity index (χ4n) is 4.17. The van der Waals surface area contributed by atoms with Gasteiger partial charge in [0.25, 0.3) is 11.8 Å². The van der Waals surface area contributed by atoms with Crippen LogP contribution in [-0.4, -0.2) is 38.7 Å². The second-order valence-corrected chi connectivity index (χ2v) is 9.09. The molecule has 2 aromatic carbocycles. The Morgan fingerprint density at radius 3 is 2.46 bits per heavy atom. The third-order valence-corrected chi connectivity index (χ3v) is 5.95. The van der Waals surface area contributed by atoms with E-state index in [0.29, 0.717) is 40.7 Å². The van der Waals surface area contributed by atoms with E-state index in [-0.39, 0.29) is 11.7 Å². The van der Waals surface area contributed by atoms with Crippen LogP contribution in [0.2, 0.25) is 0 Å². The van der Waals surface area contributed by atoms with Gasteiger partial charge in [-0.2, -0.15) is 0 Å². The van der Waals surface area contributed by atoms with Crippen LogP contribution in [0.4, 0.5) is 0 Å². The van der Waals surface area contributed by atoms with Gasteiger partial charge >= 0.3 is 0 Å². The molecule has 9 heteroatoms. The largest absolute Gasteiger partial charge is 0.497 e. The van der Waals surface area contributed by atoms with E-state index in [1.807, 2.05) is 26.0 Å². The van der Waals surface area contributed by atoms with Gasteiger partial charge in [0.05, 0.1) is 33.6 Å². The van der Waals surface area contributed by atoms with Crippen LogP contribution in [0.3, 0.4) is 0 Å². The molecule has 2 N–H and O–H groups in total. The number of rotatable bonds is 8. The van der Waals surface area contributed by atoms with E-state index in [0.717, 1.165) is 5.56 Å². The summed E-state index contributed by atoms with van der Waals surface area (Å²) in [5.74, 6) is 1.61. The molecule has 0 aliphatic carbocycles. The summed E-state index contributed by atoms with van der Waals surface area (Å²) in [4.78, 5) is 26.7. The van der Waals surface area contributed by atoms with Crippen LogP contribution < -0.4 is 29.6 Å². The van der Waals surface area contributed by atoms with Crippen molar-refractivity contribution in [3.8, 4) is 23.0 Å². The van der Waals surface area contributed by atoms with Crippen LogP contribution in [0.5, 0.6) is 23.0 Å². The maximum absolute atomic E-state index is 13.5. The quantitative estimate of drug-likeness (QED) is 0.433. The summed E-state index contributed by atoms with van der Waals surface area (Å²) >= 11 is 0. The lowest BCUT2D eigenvalue weighted by Gasteiger charge is -2.38. The molecular formula is C28H30N2O7. The van der Waals surface area contributed by atoms with Gasteiger partial charge < -0.3 is 34.0 Å². The van der Waals surface area contributed by atoms with Crippen LogP contribution in [0, 0.1) is 0 Å². The predicted molar refractivity (Wildman–Crippen MR) is 137 cm³/mol. The molecule has 1 aromatic heterocycles. The zero-order chi connectivity index (χ0) is 26.6.